The van der Waals surface area contributed by atoms with Crippen molar-refractivity contribution in [3.05, 3.63) is 54.5 Å². The first-order chi connectivity index (χ1) is 25.8. The molecule has 18 nitrogen and oxygen atoms in total. The van der Waals surface area contributed by atoms with Gasteiger partial charge in [0, 0.05) is 19.6 Å². The standard InChI is InChI=1S/C35H46N7O11P/c1-22(2)32(43)50-29-28(26-11-12-27-31(37)38-21-39-42(26)27)52-35(19-36,30(29)51-33(44)23(3)4)20-49-54(46,53-25-9-7-6-8-10-25)40-24(5)34(45)48-18-15-41-13-16-47-17-14-41/h6-12,21-24,28-30H,13-18,20H2,1-5H3,(H,40,46)(H2,37,38,39)/t24-,28-,29-,30-,35+,54?/m0/s1. The molecule has 5 rings (SSSR count). The van der Waals surface area contributed by atoms with Gasteiger partial charge in [0.2, 0.25) is 5.60 Å². The Morgan fingerprint density at radius 3 is 2.39 bits per heavy atom. The summed E-state index contributed by atoms with van der Waals surface area (Å²) in [6, 6.07) is 12.0. The van der Waals surface area contributed by atoms with Crippen LogP contribution in [0.1, 0.15) is 46.4 Å². The van der Waals surface area contributed by atoms with Gasteiger partial charge in [0.1, 0.15) is 49.0 Å². The molecular formula is C35H46N7O11P. The number of carbonyl (C=O) groups excluding carboxylic acids is 3. The molecule has 4 heterocycles. The van der Waals surface area contributed by atoms with Gasteiger partial charge in [-0.25, -0.2) is 14.1 Å². The van der Waals surface area contributed by atoms with Crippen LogP contribution < -0.4 is 15.3 Å². The van der Waals surface area contributed by atoms with Crippen LogP contribution in [0.2, 0.25) is 0 Å². The number of hydrogen-bond acceptors (Lipinski definition) is 16. The van der Waals surface area contributed by atoms with E-state index < -0.39 is 74.1 Å². The van der Waals surface area contributed by atoms with E-state index in [1.165, 1.54) is 29.9 Å². The highest BCUT2D eigenvalue weighted by molar-refractivity contribution is 7.52. The second-order valence-electron chi connectivity index (χ2n) is 13.5. The van der Waals surface area contributed by atoms with E-state index in [0.717, 1.165) is 0 Å². The molecule has 292 valence electrons. The van der Waals surface area contributed by atoms with E-state index in [-0.39, 0.29) is 23.9 Å². The number of nitriles is 1. The number of carbonyl (C=O) groups is 3. The zero-order chi connectivity index (χ0) is 39.0. The Morgan fingerprint density at radius 1 is 1.04 bits per heavy atom. The first kappa shape index (κ1) is 40.6. The van der Waals surface area contributed by atoms with Gasteiger partial charge in [-0.1, -0.05) is 45.9 Å². The van der Waals surface area contributed by atoms with Gasteiger partial charge in [-0.05, 0) is 31.2 Å². The van der Waals surface area contributed by atoms with E-state index in [9.17, 15) is 24.2 Å². The van der Waals surface area contributed by atoms with E-state index in [1.54, 1.807) is 58.0 Å². The normalized spacial score (nSPS) is 23.4. The summed E-state index contributed by atoms with van der Waals surface area (Å²) in [6.07, 6.45) is -3.13. The van der Waals surface area contributed by atoms with Crippen LogP contribution in [0.15, 0.2) is 48.8 Å². The minimum atomic E-state index is -4.59. The number of ether oxygens (including phenoxy) is 5. The number of nitrogens with zero attached hydrogens (tertiary/aromatic N) is 5. The second kappa shape index (κ2) is 17.7. The third-order valence-corrected chi connectivity index (χ3v) is 10.3. The minimum Gasteiger partial charge on any atom is -0.463 e. The maximum Gasteiger partial charge on any atom is 0.459 e. The molecule has 0 bridgehead atoms. The molecule has 2 aromatic heterocycles. The van der Waals surface area contributed by atoms with Crippen molar-refractivity contribution in [2.45, 2.75) is 64.6 Å². The fraction of sp³-hybridized carbons (Fsp3) is 0.543. The largest absolute Gasteiger partial charge is 0.463 e. The summed E-state index contributed by atoms with van der Waals surface area (Å²) in [7, 11) is -4.59. The molecule has 1 aromatic carbocycles. The summed E-state index contributed by atoms with van der Waals surface area (Å²) in [6.45, 7) is 10.1. The van der Waals surface area contributed by atoms with Crippen LogP contribution in [-0.2, 0) is 47.2 Å². The highest BCUT2D eigenvalue weighted by Gasteiger charge is 2.62. The van der Waals surface area contributed by atoms with Crippen molar-refractivity contribution >= 4 is 37.0 Å². The summed E-state index contributed by atoms with van der Waals surface area (Å²) in [5, 5.41) is 17.7. The highest BCUT2D eigenvalue weighted by atomic mass is 31.2. The maximum absolute atomic E-state index is 14.6. The van der Waals surface area contributed by atoms with Crippen molar-refractivity contribution in [3.63, 3.8) is 0 Å². The van der Waals surface area contributed by atoms with Crippen LogP contribution in [0.25, 0.3) is 5.52 Å². The van der Waals surface area contributed by atoms with Gasteiger partial charge < -0.3 is 33.9 Å². The molecule has 0 aliphatic carbocycles. The average molecular weight is 772 g/mol. The zero-order valence-corrected chi connectivity index (χ0v) is 31.7. The van der Waals surface area contributed by atoms with E-state index >= 15 is 0 Å². The smallest absolute Gasteiger partial charge is 0.459 e. The molecule has 2 aliphatic rings. The van der Waals surface area contributed by atoms with Crippen LogP contribution in [0.5, 0.6) is 5.75 Å². The number of fused-ring (bicyclic) bond motifs is 1. The molecule has 19 heteroatoms. The van der Waals surface area contributed by atoms with Gasteiger partial charge >= 0.3 is 25.7 Å². The summed E-state index contributed by atoms with van der Waals surface area (Å²) < 4.78 is 56.7. The zero-order valence-electron chi connectivity index (χ0n) is 30.8. The average Bonchev–Trinajstić information content (AvgIpc) is 3.71. The number of esters is 3. The number of nitrogens with two attached hydrogens (primary N) is 1. The maximum atomic E-state index is 14.6. The van der Waals surface area contributed by atoms with Crippen molar-refractivity contribution in [2.24, 2.45) is 11.8 Å². The van der Waals surface area contributed by atoms with Gasteiger partial charge in [-0.2, -0.15) is 15.4 Å². The Labute approximate surface area is 312 Å². The van der Waals surface area contributed by atoms with Gasteiger partial charge in [0.15, 0.2) is 18.0 Å². The Bertz CT molecular complexity index is 1860. The molecule has 54 heavy (non-hydrogen) atoms. The quantitative estimate of drug-likeness (QED) is 0.121. The molecule has 1 unspecified atom stereocenters. The monoisotopic (exact) mass is 771 g/mol. The highest BCUT2D eigenvalue weighted by Crippen LogP contribution is 2.50. The lowest BCUT2D eigenvalue weighted by Gasteiger charge is -2.31. The SMILES string of the molecule is CC(C)C(=O)O[C@H]1[C@H](c2ccc3c(N)ncnn23)O[C@](C#N)(COP(=O)(N[C@@H](C)C(=O)OCCN2CCOCC2)Oc2ccccc2)[C@H]1OC(=O)C(C)C. The van der Waals surface area contributed by atoms with Gasteiger partial charge in [0.25, 0.3) is 0 Å². The number of rotatable bonds is 16. The fourth-order valence-electron chi connectivity index (χ4n) is 5.66. The molecule has 2 fully saturated rings. The first-order valence-corrected chi connectivity index (χ1v) is 19.1. The summed E-state index contributed by atoms with van der Waals surface area (Å²) >= 11 is 0. The van der Waals surface area contributed by atoms with Crippen LogP contribution >= 0.6 is 7.75 Å². The van der Waals surface area contributed by atoms with Crippen molar-refractivity contribution in [1.29, 1.82) is 5.26 Å². The lowest BCUT2D eigenvalue weighted by Crippen LogP contribution is -2.50. The summed E-state index contributed by atoms with van der Waals surface area (Å²) in [5.41, 5.74) is 4.48. The number of para-hydroxylation sites is 1. The summed E-state index contributed by atoms with van der Waals surface area (Å²) in [5.74, 6) is -3.19. The molecule has 3 N–H and O–H groups in total. The molecule has 3 aromatic rings. The number of aromatic nitrogens is 3. The lowest BCUT2D eigenvalue weighted by atomic mass is 9.95. The Kier molecular flexibility index (Phi) is 13.3. The molecule has 2 aliphatic heterocycles. The van der Waals surface area contributed by atoms with Gasteiger partial charge in [-0.15, -0.1) is 0 Å². The van der Waals surface area contributed by atoms with Crippen molar-refractivity contribution in [1.82, 2.24) is 24.6 Å². The topological polar surface area (TPSA) is 228 Å². The predicted molar refractivity (Wildman–Crippen MR) is 190 cm³/mol. The number of morpholine rings is 1. The molecule has 6 atom stereocenters. The lowest BCUT2D eigenvalue weighted by molar-refractivity contribution is -0.173. The number of hydrogen-bond donors (Lipinski definition) is 2. The Morgan fingerprint density at radius 2 is 1.72 bits per heavy atom. The molecular weight excluding hydrogens is 725 g/mol. The number of benzene rings is 1. The van der Waals surface area contributed by atoms with E-state index in [4.69, 9.17) is 38.5 Å². The third-order valence-electron chi connectivity index (χ3n) is 8.70. The molecule has 0 saturated carbocycles. The molecule has 0 radical (unpaired) electrons. The Hall–Kier alpha value is -4.63. The van der Waals surface area contributed by atoms with Crippen LogP contribution in [0.4, 0.5) is 5.82 Å². The van der Waals surface area contributed by atoms with E-state index in [0.29, 0.717) is 38.4 Å². The molecule has 2 saturated heterocycles. The van der Waals surface area contributed by atoms with E-state index in [2.05, 4.69) is 20.1 Å². The molecule has 0 spiro atoms. The van der Waals surface area contributed by atoms with Crippen LogP contribution in [0, 0.1) is 23.2 Å². The predicted octanol–water partition coefficient (Wildman–Crippen LogP) is 2.84. The number of nitrogens with one attached hydrogen (secondary N) is 1. The summed E-state index contributed by atoms with van der Waals surface area (Å²) in [4.78, 5) is 45.5. The number of anilines is 1. The third kappa shape index (κ3) is 9.53. The minimum absolute atomic E-state index is 0.0761. The Balaban J connectivity index is 1.47. The van der Waals surface area contributed by atoms with Gasteiger partial charge in [0.05, 0.1) is 30.7 Å². The van der Waals surface area contributed by atoms with E-state index in [1.807, 2.05) is 6.07 Å². The molecule has 0 amide bonds. The van der Waals surface area contributed by atoms with Crippen molar-refractivity contribution in [2.75, 3.05) is 51.8 Å². The number of nitrogen functional groups attached to an aromatic ring is 1. The first-order valence-electron chi connectivity index (χ1n) is 17.6. The van der Waals surface area contributed by atoms with Gasteiger partial charge in [-0.3, -0.25) is 23.8 Å². The van der Waals surface area contributed by atoms with Crippen molar-refractivity contribution < 1.29 is 51.7 Å². The van der Waals surface area contributed by atoms with Crippen molar-refractivity contribution in [3.8, 4) is 11.8 Å². The second-order valence-corrected chi connectivity index (χ2v) is 15.2. The van der Waals surface area contributed by atoms with Crippen LogP contribution in [0.3, 0.4) is 0 Å². The fourth-order valence-corrected chi connectivity index (χ4v) is 7.18. The van der Waals surface area contributed by atoms with Crippen LogP contribution in [-0.4, -0.2) is 107 Å².